The van der Waals surface area contributed by atoms with Crippen LogP contribution in [0.2, 0.25) is 0 Å². The fourth-order valence-electron chi connectivity index (χ4n) is 2.13. The number of hydrogen-bond donors (Lipinski definition) is 1. The van der Waals surface area contributed by atoms with Crippen LogP contribution in [0.3, 0.4) is 0 Å². The highest BCUT2D eigenvalue weighted by atomic mass is 19.2. The zero-order valence-corrected chi connectivity index (χ0v) is 8.14. The minimum absolute atomic E-state index is 0.262. The molecule has 1 aliphatic rings. The molecule has 15 heavy (non-hydrogen) atoms. The van der Waals surface area contributed by atoms with E-state index in [1.54, 1.807) is 0 Å². The van der Waals surface area contributed by atoms with Crippen LogP contribution in [0.1, 0.15) is 18.4 Å². The second kappa shape index (κ2) is 3.52. The summed E-state index contributed by atoms with van der Waals surface area (Å²) in [4.78, 5) is 0. The fourth-order valence-corrected chi connectivity index (χ4v) is 2.13. The lowest BCUT2D eigenvalue weighted by atomic mass is 9.63. The molecular formula is C11H12F3N. The van der Waals surface area contributed by atoms with Gasteiger partial charge in [-0.05, 0) is 30.5 Å². The van der Waals surface area contributed by atoms with Gasteiger partial charge in [0.05, 0.1) is 0 Å². The van der Waals surface area contributed by atoms with Crippen LogP contribution in [0.25, 0.3) is 0 Å². The topological polar surface area (TPSA) is 26.0 Å². The molecule has 0 aliphatic heterocycles. The van der Waals surface area contributed by atoms with Gasteiger partial charge >= 0.3 is 0 Å². The van der Waals surface area contributed by atoms with Gasteiger partial charge in [0.15, 0.2) is 11.6 Å². The molecule has 0 saturated heterocycles. The van der Waals surface area contributed by atoms with E-state index in [1.807, 2.05) is 0 Å². The van der Waals surface area contributed by atoms with Gasteiger partial charge in [-0.25, -0.2) is 13.2 Å². The van der Waals surface area contributed by atoms with Gasteiger partial charge in [0.25, 0.3) is 0 Å². The third-order valence-corrected chi connectivity index (χ3v) is 3.15. The number of nitrogens with two attached hydrogens (primary N) is 1. The molecule has 0 unspecified atom stereocenters. The van der Waals surface area contributed by atoms with Crippen LogP contribution < -0.4 is 5.73 Å². The van der Waals surface area contributed by atoms with Gasteiger partial charge < -0.3 is 5.73 Å². The van der Waals surface area contributed by atoms with Crippen LogP contribution >= 0.6 is 0 Å². The maximum atomic E-state index is 13.0. The number of rotatable bonds is 2. The minimum Gasteiger partial charge on any atom is -0.330 e. The molecule has 0 amide bonds. The highest BCUT2D eigenvalue weighted by molar-refractivity contribution is 5.31. The summed E-state index contributed by atoms with van der Waals surface area (Å²) in [6, 6.07) is 3.67. The first-order chi connectivity index (χ1) is 7.07. The lowest BCUT2D eigenvalue weighted by Crippen LogP contribution is -2.48. The average Bonchev–Trinajstić information content (AvgIpc) is 2.17. The largest absolute Gasteiger partial charge is 0.330 e. The van der Waals surface area contributed by atoms with E-state index in [0.717, 1.165) is 12.1 Å². The lowest BCUT2D eigenvalue weighted by molar-refractivity contribution is 0.0993. The summed E-state index contributed by atoms with van der Waals surface area (Å²) in [5.41, 5.74) is 5.67. The van der Waals surface area contributed by atoms with Crippen LogP contribution in [0.4, 0.5) is 13.2 Å². The van der Waals surface area contributed by atoms with Gasteiger partial charge in [-0.2, -0.15) is 0 Å². The molecule has 4 heteroatoms. The Labute approximate surface area is 86.1 Å². The summed E-state index contributed by atoms with van der Waals surface area (Å²) < 4.78 is 38.5. The molecule has 2 rings (SSSR count). The molecule has 1 fully saturated rings. The van der Waals surface area contributed by atoms with Crippen molar-refractivity contribution < 1.29 is 13.2 Å². The molecule has 2 N–H and O–H groups in total. The van der Waals surface area contributed by atoms with Crippen LogP contribution in [0.5, 0.6) is 0 Å². The van der Waals surface area contributed by atoms with E-state index in [9.17, 15) is 13.2 Å². The van der Waals surface area contributed by atoms with Crippen molar-refractivity contribution >= 4 is 0 Å². The number of hydrogen-bond acceptors (Lipinski definition) is 1. The standard InChI is InChI=1S/C11H12F3N/c12-8-4-11(5-8,6-15)7-1-2-9(13)10(14)3-7/h1-3,8H,4-6,15H2. The molecule has 1 saturated carbocycles. The fraction of sp³-hybridized carbons (Fsp3) is 0.455. The van der Waals surface area contributed by atoms with Gasteiger partial charge in [0.2, 0.25) is 0 Å². The SMILES string of the molecule is NCC1(c2ccc(F)c(F)c2)CC(F)C1. The van der Waals surface area contributed by atoms with E-state index in [2.05, 4.69) is 0 Å². The quantitative estimate of drug-likeness (QED) is 0.804. The summed E-state index contributed by atoms with van der Waals surface area (Å²) in [6.07, 6.45) is -0.273. The van der Waals surface area contributed by atoms with Gasteiger partial charge in [-0.15, -0.1) is 0 Å². The Kier molecular flexibility index (Phi) is 2.46. The maximum absolute atomic E-state index is 13.0. The van der Waals surface area contributed by atoms with Crippen molar-refractivity contribution in [1.82, 2.24) is 0 Å². The normalized spacial score (nSPS) is 30.0. The summed E-state index contributed by atoms with van der Waals surface area (Å²) >= 11 is 0. The first-order valence-corrected chi connectivity index (χ1v) is 4.87. The van der Waals surface area contributed by atoms with Gasteiger partial charge in [-0.1, -0.05) is 6.07 Å². The average molecular weight is 215 g/mol. The molecule has 1 aromatic rings. The summed E-state index contributed by atoms with van der Waals surface area (Å²) in [7, 11) is 0. The summed E-state index contributed by atoms with van der Waals surface area (Å²) in [5, 5.41) is 0. The van der Waals surface area contributed by atoms with E-state index < -0.39 is 23.2 Å². The van der Waals surface area contributed by atoms with Crippen molar-refractivity contribution in [3.8, 4) is 0 Å². The Morgan fingerprint density at radius 1 is 1.27 bits per heavy atom. The van der Waals surface area contributed by atoms with Gasteiger partial charge in [0, 0.05) is 12.0 Å². The highest BCUT2D eigenvalue weighted by Crippen LogP contribution is 2.44. The summed E-state index contributed by atoms with van der Waals surface area (Å²) in [6.45, 7) is 0.262. The molecule has 1 aromatic carbocycles. The molecule has 82 valence electrons. The van der Waals surface area contributed by atoms with E-state index in [4.69, 9.17) is 5.73 Å². The number of alkyl halides is 1. The smallest absolute Gasteiger partial charge is 0.159 e. The van der Waals surface area contributed by atoms with Gasteiger partial charge in [-0.3, -0.25) is 0 Å². The molecule has 0 bridgehead atoms. The Bertz CT molecular complexity index is 372. The van der Waals surface area contributed by atoms with Crippen molar-refractivity contribution in [3.05, 3.63) is 35.4 Å². The first-order valence-electron chi connectivity index (χ1n) is 4.87. The Balaban J connectivity index is 2.32. The Morgan fingerprint density at radius 2 is 1.93 bits per heavy atom. The second-order valence-electron chi connectivity index (χ2n) is 4.12. The van der Waals surface area contributed by atoms with Crippen LogP contribution in [0, 0.1) is 11.6 Å². The zero-order chi connectivity index (χ0) is 11.1. The van der Waals surface area contributed by atoms with Gasteiger partial charge in [0.1, 0.15) is 6.17 Å². The monoisotopic (exact) mass is 215 g/mol. The van der Waals surface area contributed by atoms with Crippen molar-refractivity contribution in [2.24, 2.45) is 5.73 Å². The van der Waals surface area contributed by atoms with Crippen LogP contribution in [-0.4, -0.2) is 12.7 Å². The molecule has 0 aromatic heterocycles. The van der Waals surface area contributed by atoms with E-state index in [-0.39, 0.29) is 6.54 Å². The molecule has 1 aliphatic carbocycles. The number of benzene rings is 1. The Morgan fingerprint density at radius 3 is 2.40 bits per heavy atom. The van der Waals surface area contributed by atoms with Crippen molar-refractivity contribution in [3.63, 3.8) is 0 Å². The van der Waals surface area contributed by atoms with E-state index >= 15 is 0 Å². The van der Waals surface area contributed by atoms with E-state index in [1.165, 1.54) is 6.07 Å². The third-order valence-electron chi connectivity index (χ3n) is 3.15. The lowest BCUT2D eigenvalue weighted by Gasteiger charge is -2.44. The molecule has 1 nitrogen and oxygen atoms in total. The molecular weight excluding hydrogens is 203 g/mol. The van der Waals surface area contributed by atoms with E-state index in [0.29, 0.717) is 18.4 Å². The molecule has 0 heterocycles. The van der Waals surface area contributed by atoms with Crippen molar-refractivity contribution in [1.29, 1.82) is 0 Å². The zero-order valence-electron chi connectivity index (χ0n) is 8.14. The minimum atomic E-state index is -0.900. The Hall–Kier alpha value is -1.03. The molecule has 0 spiro atoms. The predicted molar refractivity (Wildman–Crippen MR) is 51.2 cm³/mol. The first kappa shape index (κ1) is 10.5. The van der Waals surface area contributed by atoms with Crippen molar-refractivity contribution in [2.45, 2.75) is 24.4 Å². The summed E-state index contributed by atoms with van der Waals surface area (Å²) in [5.74, 6) is -1.79. The second-order valence-corrected chi connectivity index (χ2v) is 4.12. The van der Waals surface area contributed by atoms with Crippen molar-refractivity contribution in [2.75, 3.05) is 6.54 Å². The maximum Gasteiger partial charge on any atom is 0.159 e. The van der Waals surface area contributed by atoms with Crippen LogP contribution in [0.15, 0.2) is 18.2 Å². The number of halogens is 3. The third kappa shape index (κ3) is 1.63. The van der Waals surface area contributed by atoms with Crippen LogP contribution in [-0.2, 0) is 5.41 Å². The predicted octanol–water partition coefficient (Wildman–Crippen LogP) is 2.29. The highest BCUT2D eigenvalue weighted by Gasteiger charge is 2.45. The molecule has 0 radical (unpaired) electrons. The molecule has 0 atom stereocenters.